The fourth-order valence-electron chi connectivity index (χ4n) is 4.07. The van der Waals surface area contributed by atoms with Crippen LogP contribution in [0, 0.1) is 6.92 Å². The lowest BCUT2D eigenvalue weighted by molar-refractivity contribution is 0.0601. The molecule has 0 spiro atoms. The first-order valence-electron chi connectivity index (χ1n) is 10.6. The van der Waals surface area contributed by atoms with Crippen LogP contribution in [0.3, 0.4) is 0 Å². The molecule has 7 nitrogen and oxygen atoms in total. The van der Waals surface area contributed by atoms with E-state index in [4.69, 9.17) is 28.4 Å². The minimum absolute atomic E-state index is 0.416. The maximum absolute atomic E-state index is 12.7. The van der Waals surface area contributed by atoms with E-state index in [-0.39, 0.29) is 0 Å². The van der Waals surface area contributed by atoms with Gasteiger partial charge in [0.15, 0.2) is 11.5 Å². The first-order valence-corrected chi connectivity index (χ1v) is 10.6. The van der Waals surface area contributed by atoms with E-state index >= 15 is 0 Å². The normalized spacial score (nSPS) is 10.4. The monoisotopic (exact) mass is 466 g/mol. The molecule has 0 aliphatic carbocycles. The minimum Gasteiger partial charge on any atom is -0.497 e. The molecule has 0 saturated carbocycles. The number of methoxy groups -OCH3 is 6. The van der Waals surface area contributed by atoms with Gasteiger partial charge >= 0.3 is 5.97 Å². The van der Waals surface area contributed by atoms with Crippen LogP contribution in [-0.4, -0.2) is 48.6 Å². The summed E-state index contributed by atoms with van der Waals surface area (Å²) in [5, 5.41) is 0. The van der Waals surface area contributed by atoms with Crippen LogP contribution in [0.25, 0.3) is 11.1 Å². The summed E-state index contributed by atoms with van der Waals surface area (Å²) >= 11 is 0. The minimum atomic E-state index is -0.416. The third-order valence-corrected chi connectivity index (χ3v) is 5.77. The molecule has 0 saturated heterocycles. The second-order valence-corrected chi connectivity index (χ2v) is 7.51. The van der Waals surface area contributed by atoms with Gasteiger partial charge in [0.25, 0.3) is 0 Å². The van der Waals surface area contributed by atoms with Gasteiger partial charge in [-0.25, -0.2) is 4.79 Å². The molecule has 7 heteroatoms. The van der Waals surface area contributed by atoms with Crippen LogP contribution in [-0.2, 0) is 11.2 Å². The van der Waals surface area contributed by atoms with Crippen LogP contribution in [0.4, 0.5) is 0 Å². The van der Waals surface area contributed by atoms with Crippen molar-refractivity contribution in [3.63, 3.8) is 0 Å². The van der Waals surface area contributed by atoms with Gasteiger partial charge in [-0.15, -0.1) is 0 Å². The molecule has 180 valence electrons. The maximum atomic E-state index is 12.7. The van der Waals surface area contributed by atoms with Crippen LogP contribution >= 0.6 is 0 Å². The molecule has 0 aromatic heterocycles. The molecule has 0 fully saturated rings. The molecule has 0 amide bonds. The summed E-state index contributed by atoms with van der Waals surface area (Å²) in [5.41, 5.74) is 4.74. The molecule has 0 aliphatic heterocycles. The number of carbonyl (C=O) groups is 1. The van der Waals surface area contributed by atoms with Gasteiger partial charge in [-0.2, -0.15) is 0 Å². The molecule has 3 aromatic carbocycles. The van der Waals surface area contributed by atoms with E-state index in [1.807, 2.05) is 49.4 Å². The van der Waals surface area contributed by atoms with E-state index in [9.17, 15) is 4.79 Å². The zero-order valence-corrected chi connectivity index (χ0v) is 20.6. The quantitative estimate of drug-likeness (QED) is 0.407. The fraction of sp³-hybridized carbons (Fsp3) is 0.296. The van der Waals surface area contributed by atoms with Crippen molar-refractivity contribution in [2.45, 2.75) is 13.3 Å². The van der Waals surface area contributed by atoms with E-state index in [1.165, 1.54) is 7.11 Å². The van der Waals surface area contributed by atoms with Gasteiger partial charge in [0.1, 0.15) is 5.75 Å². The van der Waals surface area contributed by atoms with Crippen molar-refractivity contribution >= 4 is 5.97 Å². The van der Waals surface area contributed by atoms with E-state index in [2.05, 4.69) is 0 Å². The van der Waals surface area contributed by atoms with E-state index < -0.39 is 5.97 Å². The van der Waals surface area contributed by atoms with Gasteiger partial charge < -0.3 is 28.4 Å². The molecule has 0 aliphatic rings. The third-order valence-electron chi connectivity index (χ3n) is 5.77. The second kappa shape index (κ2) is 10.8. The summed E-state index contributed by atoms with van der Waals surface area (Å²) in [7, 11) is 9.26. The lowest BCUT2D eigenvalue weighted by Crippen LogP contribution is -2.07. The summed E-state index contributed by atoms with van der Waals surface area (Å²) < 4.78 is 32.8. The van der Waals surface area contributed by atoms with Gasteiger partial charge in [0, 0.05) is 17.5 Å². The molecule has 0 bridgehead atoms. The fourth-order valence-corrected chi connectivity index (χ4v) is 4.07. The van der Waals surface area contributed by atoms with Crippen molar-refractivity contribution in [3.8, 4) is 39.9 Å². The van der Waals surface area contributed by atoms with Gasteiger partial charge in [0.2, 0.25) is 11.5 Å². The Morgan fingerprint density at radius 2 is 1.29 bits per heavy atom. The topological polar surface area (TPSA) is 72.5 Å². The molecule has 0 radical (unpaired) electrons. The highest BCUT2D eigenvalue weighted by atomic mass is 16.5. The van der Waals surface area contributed by atoms with Gasteiger partial charge in [0.05, 0.1) is 48.2 Å². The van der Waals surface area contributed by atoms with Gasteiger partial charge in [-0.3, -0.25) is 0 Å². The number of hydrogen-bond acceptors (Lipinski definition) is 7. The molecule has 0 unspecified atom stereocenters. The summed E-state index contributed by atoms with van der Waals surface area (Å²) in [6, 6.07) is 13.3. The Labute approximate surface area is 200 Å². The second-order valence-electron chi connectivity index (χ2n) is 7.51. The predicted octanol–water partition coefficient (Wildman–Crippen LogP) is 5.08. The molecule has 34 heavy (non-hydrogen) atoms. The zero-order valence-electron chi connectivity index (χ0n) is 20.6. The third kappa shape index (κ3) is 4.59. The Morgan fingerprint density at radius 1 is 0.706 bits per heavy atom. The summed E-state index contributed by atoms with van der Waals surface area (Å²) in [5.74, 6) is 2.36. The van der Waals surface area contributed by atoms with Crippen LogP contribution in [0.1, 0.15) is 27.0 Å². The molecular formula is C27H30O7. The summed E-state index contributed by atoms with van der Waals surface area (Å²) in [6.45, 7) is 1.94. The summed E-state index contributed by atoms with van der Waals surface area (Å²) in [4.78, 5) is 12.7. The number of carbonyl (C=O) groups excluding carboxylic acids is 1. The van der Waals surface area contributed by atoms with E-state index in [1.54, 1.807) is 35.5 Å². The Morgan fingerprint density at radius 3 is 1.82 bits per heavy atom. The first-order chi connectivity index (χ1) is 16.4. The first kappa shape index (κ1) is 24.8. The van der Waals surface area contributed by atoms with Crippen molar-refractivity contribution in [1.82, 2.24) is 0 Å². The maximum Gasteiger partial charge on any atom is 0.338 e. The van der Waals surface area contributed by atoms with Crippen LogP contribution in [0.2, 0.25) is 0 Å². The van der Waals surface area contributed by atoms with Crippen LogP contribution < -0.4 is 23.7 Å². The number of esters is 1. The summed E-state index contributed by atoms with van der Waals surface area (Å²) in [6.07, 6.45) is 0.471. The lowest BCUT2D eigenvalue weighted by atomic mass is 9.93. The molecule has 3 rings (SSSR count). The Bertz CT molecular complexity index is 1170. The van der Waals surface area contributed by atoms with E-state index in [0.717, 1.165) is 33.6 Å². The van der Waals surface area contributed by atoms with Crippen molar-refractivity contribution in [2.75, 3.05) is 42.7 Å². The zero-order chi connectivity index (χ0) is 24.8. The molecule has 3 aromatic rings. The highest BCUT2D eigenvalue weighted by Gasteiger charge is 2.26. The van der Waals surface area contributed by atoms with Crippen LogP contribution in [0.15, 0.2) is 42.5 Å². The van der Waals surface area contributed by atoms with Crippen molar-refractivity contribution in [1.29, 1.82) is 0 Å². The lowest BCUT2D eigenvalue weighted by Gasteiger charge is -2.22. The number of rotatable bonds is 9. The standard InChI is InChI=1S/C27H30O7/c1-16-21(24(31-4)26(33-6)25(32-5)23(16)30-3)14-17-8-13-20(22(15-17)27(28)34-7)18-9-11-19(29-2)12-10-18/h8-13,15H,14H2,1-7H3. The highest BCUT2D eigenvalue weighted by Crippen LogP contribution is 2.49. The number of hydrogen-bond donors (Lipinski definition) is 0. The largest absolute Gasteiger partial charge is 0.497 e. The van der Waals surface area contributed by atoms with Crippen LogP contribution in [0.5, 0.6) is 28.7 Å². The number of benzene rings is 3. The molecule has 0 atom stereocenters. The predicted molar refractivity (Wildman–Crippen MR) is 130 cm³/mol. The molecule has 0 N–H and O–H groups in total. The number of ether oxygens (including phenoxy) is 6. The van der Waals surface area contributed by atoms with Crippen molar-refractivity contribution in [3.05, 3.63) is 64.7 Å². The SMILES string of the molecule is COC(=O)c1cc(Cc2c(C)c(OC)c(OC)c(OC)c2OC)ccc1-c1ccc(OC)cc1. The Balaban J connectivity index is 2.14. The highest BCUT2D eigenvalue weighted by molar-refractivity contribution is 5.97. The van der Waals surface area contributed by atoms with Crippen molar-refractivity contribution in [2.24, 2.45) is 0 Å². The Hall–Kier alpha value is -3.87. The molecule has 0 heterocycles. The molecular weight excluding hydrogens is 436 g/mol. The van der Waals surface area contributed by atoms with Gasteiger partial charge in [-0.05, 0) is 41.8 Å². The van der Waals surface area contributed by atoms with Crippen molar-refractivity contribution < 1.29 is 33.2 Å². The average molecular weight is 467 g/mol. The Kier molecular flexibility index (Phi) is 7.89. The van der Waals surface area contributed by atoms with E-state index in [0.29, 0.717) is 35.0 Å². The van der Waals surface area contributed by atoms with Gasteiger partial charge in [-0.1, -0.05) is 24.3 Å². The average Bonchev–Trinajstić information content (AvgIpc) is 2.88. The smallest absolute Gasteiger partial charge is 0.338 e.